The highest BCUT2D eigenvalue weighted by atomic mass is 16.5. The van der Waals surface area contributed by atoms with Crippen LogP contribution in [0.1, 0.15) is 31.7 Å². The van der Waals surface area contributed by atoms with Gasteiger partial charge >= 0.3 is 0 Å². The number of aromatic nitrogens is 2. The maximum atomic E-state index is 11.8. The molecule has 1 saturated carbocycles. The Bertz CT molecular complexity index is 1310. The molecule has 5 rings (SSSR count). The van der Waals surface area contributed by atoms with Gasteiger partial charge in [-0.05, 0) is 67.7 Å². The Balaban J connectivity index is 1.47. The van der Waals surface area contributed by atoms with Crippen LogP contribution in [0.2, 0.25) is 0 Å². The lowest BCUT2D eigenvalue weighted by atomic mass is 9.90. The Morgan fingerprint density at radius 3 is 2.62 bits per heavy atom. The Kier molecular flexibility index (Phi) is 6.04. The molecule has 0 bridgehead atoms. The van der Waals surface area contributed by atoms with Crippen LogP contribution in [0.25, 0.3) is 22.0 Å². The largest absolute Gasteiger partial charge is 0.457 e. The zero-order valence-electron chi connectivity index (χ0n) is 19.0. The number of anilines is 1. The highest BCUT2D eigenvalue weighted by Crippen LogP contribution is 2.39. The van der Waals surface area contributed by atoms with Gasteiger partial charge in [0, 0.05) is 35.4 Å². The Morgan fingerprint density at radius 2 is 1.85 bits per heavy atom. The molecule has 0 radical (unpaired) electrons. The van der Waals surface area contributed by atoms with E-state index in [1.165, 1.54) is 6.08 Å². The molecule has 1 amide bonds. The van der Waals surface area contributed by atoms with E-state index in [-0.39, 0.29) is 18.0 Å². The molecule has 172 valence electrons. The summed E-state index contributed by atoms with van der Waals surface area (Å²) in [5, 5.41) is 4.03. The van der Waals surface area contributed by atoms with Crippen LogP contribution >= 0.6 is 0 Å². The van der Waals surface area contributed by atoms with Crippen molar-refractivity contribution >= 4 is 22.6 Å². The molecular weight excluding hydrogens is 424 g/mol. The van der Waals surface area contributed by atoms with Crippen molar-refractivity contribution in [2.24, 2.45) is 0 Å². The summed E-state index contributed by atoms with van der Waals surface area (Å²) in [4.78, 5) is 16.2. The smallest absolute Gasteiger partial charge is 0.243 e. The molecule has 0 aliphatic heterocycles. The van der Waals surface area contributed by atoms with Gasteiger partial charge in [-0.2, -0.15) is 0 Å². The first-order valence-corrected chi connectivity index (χ1v) is 11.6. The number of nitrogens with one attached hydrogen (secondary N) is 1. The molecule has 0 saturated heterocycles. The lowest BCUT2D eigenvalue weighted by molar-refractivity contribution is -0.117. The standard InChI is InChI=1S/C28H28N4O2/c1-2-26(33)31-20-7-6-8-21(17-20)32-18-24(27-25(32)15-16-30-28(27)29)19-11-13-23(14-12-19)34-22-9-4-3-5-10-22/h2-5,9-16,18,20-21H,1,6-8,17H2,(H2,29,30)(H,31,33). The van der Waals surface area contributed by atoms with Crippen molar-refractivity contribution in [3.63, 3.8) is 0 Å². The second-order valence-electron chi connectivity index (χ2n) is 8.71. The number of pyridine rings is 1. The van der Waals surface area contributed by atoms with Crippen LogP contribution in [0.15, 0.2) is 85.7 Å². The molecule has 6 heteroatoms. The molecule has 1 aliphatic carbocycles. The topological polar surface area (TPSA) is 82.2 Å². The van der Waals surface area contributed by atoms with E-state index in [0.29, 0.717) is 5.82 Å². The minimum atomic E-state index is -0.116. The first-order chi connectivity index (χ1) is 16.6. The lowest BCUT2D eigenvalue weighted by Crippen LogP contribution is -2.37. The number of ether oxygens (including phenoxy) is 1. The fraction of sp³-hybridized carbons (Fsp3) is 0.214. The second kappa shape index (κ2) is 9.43. The first kappa shape index (κ1) is 21.8. The molecular formula is C28H28N4O2. The number of carbonyl (C=O) groups is 1. The number of amides is 1. The second-order valence-corrected chi connectivity index (χ2v) is 8.71. The van der Waals surface area contributed by atoms with E-state index in [0.717, 1.165) is 59.2 Å². The number of para-hydroxylation sites is 1. The van der Waals surface area contributed by atoms with Gasteiger partial charge in [0.05, 0.1) is 5.52 Å². The quantitative estimate of drug-likeness (QED) is 0.359. The van der Waals surface area contributed by atoms with Crippen molar-refractivity contribution in [1.82, 2.24) is 14.9 Å². The van der Waals surface area contributed by atoms with Crippen molar-refractivity contribution < 1.29 is 9.53 Å². The van der Waals surface area contributed by atoms with Crippen LogP contribution in [0.5, 0.6) is 11.5 Å². The molecule has 2 atom stereocenters. The molecule has 2 unspecified atom stereocenters. The van der Waals surface area contributed by atoms with Gasteiger partial charge in [0.2, 0.25) is 5.91 Å². The summed E-state index contributed by atoms with van der Waals surface area (Å²) in [6, 6.07) is 20.2. The van der Waals surface area contributed by atoms with Gasteiger partial charge in [0.1, 0.15) is 17.3 Å². The van der Waals surface area contributed by atoms with Gasteiger partial charge < -0.3 is 20.4 Å². The molecule has 2 aromatic carbocycles. The van der Waals surface area contributed by atoms with Crippen LogP contribution in [-0.2, 0) is 4.79 Å². The summed E-state index contributed by atoms with van der Waals surface area (Å²) in [6.45, 7) is 3.57. The molecule has 6 nitrogen and oxygen atoms in total. The fourth-order valence-electron chi connectivity index (χ4n) is 4.89. The monoisotopic (exact) mass is 452 g/mol. The van der Waals surface area contributed by atoms with Crippen LogP contribution in [0.3, 0.4) is 0 Å². The number of hydrogen-bond acceptors (Lipinski definition) is 4. The van der Waals surface area contributed by atoms with E-state index in [4.69, 9.17) is 10.5 Å². The van der Waals surface area contributed by atoms with E-state index in [1.54, 1.807) is 6.20 Å². The average Bonchev–Trinajstić information content (AvgIpc) is 3.26. The minimum Gasteiger partial charge on any atom is -0.457 e. The summed E-state index contributed by atoms with van der Waals surface area (Å²) in [6.07, 6.45) is 9.23. The van der Waals surface area contributed by atoms with Crippen LogP contribution in [0, 0.1) is 0 Å². The summed E-state index contributed by atoms with van der Waals surface area (Å²) >= 11 is 0. The van der Waals surface area contributed by atoms with E-state index in [9.17, 15) is 4.79 Å². The highest BCUT2D eigenvalue weighted by Gasteiger charge is 2.26. The third-order valence-corrected chi connectivity index (χ3v) is 6.49. The summed E-state index contributed by atoms with van der Waals surface area (Å²) in [5.74, 6) is 1.98. The Morgan fingerprint density at radius 1 is 1.09 bits per heavy atom. The molecule has 2 aromatic heterocycles. The average molecular weight is 453 g/mol. The number of nitrogen functional groups attached to an aromatic ring is 1. The van der Waals surface area contributed by atoms with Crippen molar-refractivity contribution in [2.75, 3.05) is 5.73 Å². The zero-order chi connectivity index (χ0) is 23.5. The van der Waals surface area contributed by atoms with E-state index in [1.807, 2.05) is 48.5 Å². The van der Waals surface area contributed by atoms with Crippen LogP contribution in [-0.4, -0.2) is 21.5 Å². The van der Waals surface area contributed by atoms with Crippen LogP contribution < -0.4 is 15.8 Å². The number of hydrogen-bond donors (Lipinski definition) is 2. The SMILES string of the molecule is C=CC(=O)NC1CCCC(n2cc(-c3ccc(Oc4ccccc4)cc3)c3c(N)nccc32)C1. The lowest BCUT2D eigenvalue weighted by Gasteiger charge is -2.31. The predicted molar refractivity (Wildman–Crippen MR) is 136 cm³/mol. The number of fused-ring (bicyclic) bond motifs is 1. The van der Waals surface area contributed by atoms with Gasteiger partial charge in [0.25, 0.3) is 0 Å². The summed E-state index contributed by atoms with van der Waals surface area (Å²) < 4.78 is 8.26. The Labute approximate surface area is 199 Å². The molecule has 1 fully saturated rings. The summed E-state index contributed by atoms with van der Waals surface area (Å²) in [7, 11) is 0. The molecule has 0 spiro atoms. The minimum absolute atomic E-state index is 0.116. The third-order valence-electron chi connectivity index (χ3n) is 6.49. The number of rotatable bonds is 6. The number of benzene rings is 2. The first-order valence-electron chi connectivity index (χ1n) is 11.6. The van der Waals surface area contributed by atoms with E-state index >= 15 is 0 Å². The Hall–Kier alpha value is -4.06. The number of nitrogens with two attached hydrogens (primary N) is 1. The van der Waals surface area contributed by atoms with Crippen molar-refractivity contribution in [3.05, 3.63) is 85.7 Å². The molecule has 3 N–H and O–H groups in total. The highest BCUT2D eigenvalue weighted by molar-refractivity contribution is 6.02. The van der Waals surface area contributed by atoms with E-state index < -0.39 is 0 Å². The number of nitrogens with zero attached hydrogens (tertiary/aromatic N) is 2. The van der Waals surface area contributed by atoms with Gasteiger partial charge in [-0.25, -0.2) is 4.98 Å². The molecule has 4 aromatic rings. The maximum absolute atomic E-state index is 11.8. The maximum Gasteiger partial charge on any atom is 0.243 e. The molecule has 1 aliphatic rings. The zero-order valence-corrected chi connectivity index (χ0v) is 19.0. The van der Waals surface area contributed by atoms with Gasteiger partial charge in [-0.15, -0.1) is 0 Å². The van der Waals surface area contributed by atoms with E-state index in [2.05, 4.69) is 39.8 Å². The van der Waals surface area contributed by atoms with Gasteiger partial charge in [-0.3, -0.25) is 4.79 Å². The normalized spacial score (nSPS) is 17.9. The summed E-state index contributed by atoms with van der Waals surface area (Å²) in [5.41, 5.74) is 9.52. The van der Waals surface area contributed by atoms with Crippen LogP contribution in [0.4, 0.5) is 5.82 Å². The molecule has 2 heterocycles. The van der Waals surface area contributed by atoms with Gasteiger partial charge in [-0.1, -0.05) is 36.9 Å². The van der Waals surface area contributed by atoms with Crippen molar-refractivity contribution in [3.8, 4) is 22.6 Å². The predicted octanol–water partition coefficient (Wildman–Crippen LogP) is 5.86. The van der Waals surface area contributed by atoms with Crippen molar-refractivity contribution in [2.45, 2.75) is 37.8 Å². The van der Waals surface area contributed by atoms with Crippen molar-refractivity contribution in [1.29, 1.82) is 0 Å². The number of carbonyl (C=O) groups excluding carboxylic acids is 1. The van der Waals surface area contributed by atoms with Gasteiger partial charge in [0.15, 0.2) is 0 Å². The fourth-order valence-corrected chi connectivity index (χ4v) is 4.89. The molecule has 34 heavy (non-hydrogen) atoms. The third kappa shape index (κ3) is 4.39.